The Labute approximate surface area is 111 Å². The number of ether oxygens (including phenoxy) is 1. The van der Waals surface area contributed by atoms with Crippen molar-refractivity contribution < 1.29 is 48.6 Å². The normalized spacial score (nSPS) is 36.3. The zero-order chi connectivity index (χ0) is 16.5. The second kappa shape index (κ2) is 4.17. The minimum Gasteiger partial charge on any atom is -0.271 e. The van der Waals surface area contributed by atoms with Crippen molar-refractivity contribution >= 4 is 0 Å². The van der Waals surface area contributed by atoms with E-state index in [0.717, 1.165) is 0 Å². The second-order valence-electron chi connectivity index (χ2n) is 5.17. The molecule has 1 nitrogen and oxygen atoms in total. The van der Waals surface area contributed by atoms with E-state index in [0.29, 0.717) is 0 Å². The molecule has 2 bridgehead atoms. The lowest BCUT2D eigenvalue weighted by Gasteiger charge is -2.40. The highest BCUT2D eigenvalue weighted by molar-refractivity contribution is 5.09. The van der Waals surface area contributed by atoms with Gasteiger partial charge in [-0.15, -0.1) is 0 Å². The van der Waals surface area contributed by atoms with E-state index in [9.17, 15) is 43.9 Å². The first kappa shape index (κ1) is 16.6. The van der Waals surface area contributed by atoms with Crippen molar-refractivity contribution in [2.24, 2.45) is 11.8 Å². The lowest BCUT2D eigenvalue weighted by Crippen LogP contribution is -2.61. The van der Waals surface area contributed by atoms with Gasteiger partial charge >= 0.3 is 24.1 Å². The van der Waals surface area contributed by atoms with Gasteiger partial charge in [-0.1, -0.05) is 0 Å². The average molecular weight is 334 g/mol. The molecule has 0 N–H and O–H groups in total. The molecular formula is C10H8F10O. The molecule has 3 unspecified atom stereocenters. The molecule has 0 aliphatic heterocycles. The average Bonchev–Trinajstić information content (AvgIpc) is 2.80. The van der Waals surface area contributed by atoms with Crippen molar-refractivity contribution in [1.82, 2.24) is 0 Å². The minimum atomic E-state index is -6.79. The number of hydrogen-bond acceptors (Lipinski definition) is 1. The van der Waals surface area contributed by atoms with Crippen LogP contribution in [0.3, 0.4) is 0 Å². The van der Waals surface area contributed by atoms with Gasteiger partial charge in [0.25, 0.3) is 5.85 Å². The van der Waals surface area contributed by atoms with E-state index >= 15 is 0 Å². The Kier molecular flexibility index (Phi) is 3.30. The number of fused-ring (bicyclic) bond motifs is 2. The summed E-state index contributed by atoms with van der Waals surface area (Å²) >= 11 is 0. The fourth-order valence-corrected chi connectivity index (χ4v) is 2.77. The van der Waals surface area contributed by atoms with Crippen molar-refractivity contribution in [1.29, 1.82) is 0 Å². The molecule has 0 aromatic carbocycles. The lowest BCUT2D eigenvalue weighted by atomic mass is 9.91. The molecule has 3 atom stereocenters. The van der Waals surface area contributed by atoms with Gasteiger partial charge in [0, 0.05) is 11.8 Å². The molecule has 2 aliphatic carbocycles. The second-order valence-corrected chi connectivity index (χ2v) is 5.17. The fraction of sp³-hybridized carbons (Fsp3) is 1.00. The van der Waals surface area contributed by atoms with Gasteiger partial charge in [-0.3, -0.25) is 4.74 Å². The molecule has 0 aromatic rings. The SMILES string of the molecule is FC(F)(F)C(F)(F)C(F)(F)OC1(F)C2CCC(C2)C1(F)F. The van der Waals surface area contributed by atoms with Crippen molar-refractivity contribution in [2.45, 2.75) is 49.2 Å². The molecule has 0 saturated heterocycles. The fourth-order valence-electron chi connectivity index (χ4n) is 2.77. The summed E-state index contributed by atoms with van der Waals surface area (Å²) in [4.78, 5) is 0. The first-order chi connectivity index (χ1) is 9.17. The third-order valence-corrected chi connectivity index (χ3v) is 3.92. The molecule has 0 aromatic heterocycles. The van der Waals surface area contributed by atoms with Crippen molar-refractivity contribution in [2.75, 3.05) is 0 Å². The summed E-state index contributed by atoms with van der Waals surface area (Å²) in [6, 6.07) is 0. The Morgan fingerprint density at radius 2 is 1.29 bits per heavy atom. The minimum absolute atomic E-state index is 0.242. The Balaban J connectivity index is 2.32. The molecule has 2 aliphatic rings. The highest BCUT2D eigenvalue weighted by Gasteiger charge is 2.81. The standard InChI is InChI=1S/C10H8F10O/c11-6(12)4-1-2-5(3-4)7(6,13)21-10(19,20)8(14,15)9(16,17)18/h4-5H,1-3H2. The van der Waals surface area contributed by atoms with Crippen LogP contribution in [0.4, 0.5) is 43.9 Å². The van der Waals surface area contributed by atoms with Crippen LogP contribution in [0.25, 0.3) is 0 Å². The molecule has 11 heteroatoms. The van der Waals surface area contributed by atoms with Crippen LogP contribution in [0.15, 0.2) is 0 Å². The molecule has 0 radical (unpaired) electrons. The summed E-state index contributed by atoms with van der Waals surface area (Å²) in [5, 5.41) is 0. The summed E-state index contributed by atoms with van der Waals surface area (Å²) < 4.78 is 131. The monoisotopic (exact) mass is 334 g/mol. The largest absolute Gasteiger partial charge is 0.462 e. The molecular weight excluding hydrogens is 326 g/mol. The maximum absolute atomic E-state index is 14.0. The first-order valence-corrected chi connectivity index (χ1v) is 5.76. The van der Waals surface area contributed by atoms with E-state index in [1.54, 1.807) is 0 Å². The maximum Gasteiger partial charge on any atom is 0.462 e. The van der Waals surface area contributed by atoms with Gasteiger partial charge in [-0.25, -0.2) is 4.39 Å². The molecule has 21 heavy (non-hydrogen) atoms. The van der Waals surface area contributed by atoms with Gasteiger partial charge in [-0.2, -0.15) is 39.5 Å². The summed E-state index contributed by atoms with van der Waals surface area (Å²) in [5.41, 5.74) is 0. The smallest absolute Gasteiger partial charge is 0.271 e. The van der Waals surface area contributed by atoms with Crippen LogP contribution in [-0.4, -0.2) is 30.0 Å². The first-order valence-electron chi connectivity index (χ1n) is 5.76. The van der Waals surface area contributed by atoms with E-state index in [1.807, 2.05) is 0 Å². The van der Waals surface area contributed by atoms with Crippen LogP contribution in [0.5, 0.6) is 0 Å². The van der Waals surface area contributed by atoms with E-state index in [2.05, 4.69) is 4.74 Å². The Morgan fingerprint density at radius 3 is 1.67 bits per heavy atom. The zero-order valence-corrected chi connectivity index (χ0v) is 9.96. The van der Waals surface area contributed by atoms with Crippen LogP contribution in [0, 0.1) is 11.8 Å². The summed E-state index contributed by atoms with van der Waals surface area (Å²) in [6.07, 6.45) is -14.4. The molecule has 124 valence electrons. The van der Waals surface area contributed by atoms with Gasteiger partial charge in [0.05, 0.1) is 0 Å². The molecule has 0 spiro atoms. The molecule has 2 rings (SSSR count). The lowest BCUT2D eigenvalue weighted by molar-refractivity contribution is -0.477. The maximum atomic E-state index is 14.0. The van der Waals surface area contributed by atoms with Gasteiger partial charge in [-0.05, 0) is 19.3 Å². The van der Waals surface area contributed by atoms with Gasteiger partial charge in [0.1, 0.15) is 0 Å². The predicted octanol–water partition coefficient (Wildman–Crippen LogP) is 4.52. The van der Waals surface area contributed by atoms with E-state index in [1.165, 1.54) is 0 Å². The Hall–Kier alpha value is -0.740. The molecule has 2 fully saturated rings. The van der Waals surface area contributed by atoms with Crippen molar-refractivity contribution in [3.8, 4) is 0 Å². The van der Waals surface area contributed by atoms with Crippen molar-refractivity contribution in [3.05, 3.63) is 0 Å². The molecule has 2 saturated carbocycles. The topological polar surface area (TPSA) is 9.23 Å². The number of alkyl halides is 10. The van der Waals surface area contributed by atoms with Crippen LogP contribution in [0.1, 0.15) is 19.3 Å². The third kappa shape index (κ3) is 2.02. The summed E-state index contributed by atoms with van der Waals surface area (Å²) in [5.74, 6) is -19.5. The van der Waals surface area contributed by atoms with Gasteiger partial charge in [0.15, 0.2) is 0 Å². The Bertz CT molecular complexity index is 430. The van der Waals surface area contributed by atoms with E-state index < -0.39 is 48.2 Å². The zero-order valence-electron chi connectivity index (χ0n) is 9.96. The third-order valence-electron chi connectivity index (χ3n) is 3.92. The highest BCUT2D eigenvalue weighted by atomic mass is 19.4. The Morgan fingerprint density at radius 1 is 0.810 bits per heavy atom. The van der Waals surface area contributed by atoms with E-state index in [4.69, 9.17) is 0 Å². The summed E-state index contributed by atoms with van der Waals surface area (Å²) in [7, 11) is 0. The number of rotatable bonds is 3. The van der Waals surface area contributed by atoms with Crippen molar-refractivity contribution in [3.63, 3.8) is 0 Å². The van der Waals surface area contributed by atoms with Gasteiger partial charge in [0.2, 0.25) is 0 Å². The highest BCUT2D eigenvalue weighted by Crippen LogP contribution is 2.64. The van der Waals surface area contributed by atoms with Crippen LogP contribution >= 0.6 is 0 Å². The quantitative estimate of drug-likeness (QED) is 0.690. The molecule has 0 heterocycles. The van der Waals surface area contributed by atoms with Crippen LogP contribution < -0.4 is 0 Å². The van der Waals surface area contributed by atoms with Crippen LogP contribution in [0.2, 0.25) is 0 Å². The molecule has 0 amide bonds. The van der Waals surface area contributed by atoms with Crippen LogP contribution in [-0.2, 0) is 4.74 Å². The predicted molar refractivity (Wildman–Crippen MR) is 46.7 cm³/mol. The number of halogens is 10. The summed E-state index contributed by atoms with van der Waals surface area (Å²) in [6.45, 7) is 0. The van der Waals surface area contributed by atoms with E-state index in [-0.39, 0.29) is 12.8 Å². The number of hydrogen-bond donors (Lipinski definition) is 0. The van der Waals surface area contributed by atoms with Gasteiger partial charge < -0.3 is 0 Å².